The van der Waals surface area contributed by atoms with E-state index in [4.69, 9.17) is 4.74 Å². The molecule has 2 aliphatic rings. The summed E-state index contributed by atoms with van der Waals surface area (Å²) in [5.74, 6) is -0.657. The van der Waals surface area contributed by atoms with Crippen molar-refractivity contribution in [3.8, 4) is 0 Å². The maximum atomic E-state index is 12.9. The van der Waals surface area contributed by atoms with Gasteiger partial charge < -0.3 is 14.4 Å². The van der Waals surface area contributed by atoms with Gasteiger partial charge >= 0.3 is 12.1 Å². The standard InChI is InChI=1S/C17H26N2O5/c1-17(2,3)24-16(22)19-10-8-12-7-5-6-9-18(11-13(20)23-4)15(21)14(12)19/h5-6,12,14H,7-11H2,1-4H3/b6-5-/t12-,14-/m0/s1. The molecule has 0 aromatic rings. The Balaban J connectivity index is 2.20. The van der Waals surface area contributed by atoms with Gasteiger partial charge in [0.15, 0.2) is 0 Å². The van der Waals surface area contributed by atoms with E-state index >= 15 is 0 Å². The summed E-state index contributed by atoms with van der Waals surface area (Å²) in [4.78, 5) is 39.9. The van der Waals surface area contributed by atoms with E-state index in [2.05, 4.69) is 4.74 Å². The molecule has 0 bridgehead atoms. The molecule has 2 amide bonds. The molecule has 7 nitrogen and oxygen atoms in total. The van der Waals surface area contributed by atoms with Crippen molar-refractivity contribution in [2.45, 2.75) is 45.3 Å². The van der Waals surface area contributed by atoms with Gasteiger partial charge in [0, 0.05) is 13.1 Å². The molecule has 134 valence electrons. The van der Waals surface area contributed by atoms with Gasteiger partial charge in [0.05, 0.1) is 7.11 Å². The van der Waals surface area contributed by atoms with Gasteiger partial charge in [0.1, 0.15) is 18.2 Å². The van der Waals surface area contributed by atoms with Crippen molar-refractivity contribution in [1.29, 1.82) is 0 Å². The zero-order valence-electron chi connectivity index (χ0n) is 14.8. The number of allylic oxidation sites excluding steroid dienone is 1. The molecule has 0 spiro atoms. The third-order valence-electron chi connectivity index (χ3n) is 4.19. The fourth-order valence-corrected chi connectivity index (χ4v) is 3.08. The van der Waals surface area contributed by atoms with Crippen LogP contribution < -0.4 is 0 Å². The second-order valence-corrected chi connectivity index (χ2v) is 7.17. The van der Waals surface area contributed by atoms with Crippen molar-refractivity contribution in [1.82, 2.24) is 9.80 Å². The summed E-state index contributed by atoms with van der Waals surface area (Å²) in [5, 5.41) is 0. The van der Waals surface area contributed by atoms with Crippen molar-refractivity contribution in [2.24, 2.45) is 5.92 Å². The number of esters is 1. The predicted molar refractivity (Wildman–Crippen MR) is 87.2 cm³/mol. The Kier molecular flexibility index (Phi) is 5.51. The first-order valence-corrected chi connectivity index (χ1v) is 8.23. The number of hydrogen-bond acceptors (Lipinski definition) is 5. The van der Waals surface area contributed by atoms with Gasteiger partial charge in [-0.15, -0.1) is 0 Å². The Morgan fingerprint density at radius 1 is 1.29 bits per heavy atom. The summed E-state index contributed by atoms with van der Waals surface area (Å²) in [7, 11) is 1.29. The number of nitrogens with zero attached hydrogens (tertiary/aromatic N) is 2. The number of fused-ring (bicyclic) bond motifs is 1. The van der Waals surface area contributed by atoms with E-state index in [0.717, 1.165) is 12.8 Å². The monoisotopic (exact) mass is 338 g/mol. The van der Waals surface area contributed by atoms with Crippen LogP contribution in [0, 0.1) is 5.92 Å². The Morgan fingerprint density at radius 3 is 2.62 bits per heavy atom. The molecule has 0 unspecified atom stereocenters. The quantitative estimate of drug-likeness (QED) is 0.564. The largest absolute Gasteiger partial charge is 0.468 e. The normalized spacial score (nSPS) is 25.6. The highest BCUT2D eigenvalue weighted by atomic mass is 16.6. The molecule has 24 heavy (non-hydrogen) atoms. The van der Waals surface area contributed by atoms with Crippen LogP contribution in [0.5, 0.6) is 0 Å². The van der Waals surface area contributed by atoms with Crippen LogP contribution >= 0.6 is 0 Å². The van der Waals surface area contributed by atoms with Gasteiger partial charge in [0.25, 0.3) is 0 Å². The van der Waals surface area contributed by atoms with Crippen LogP contribution in [0.3, 0.4) is 0 Å². The van der Waals surface area contributed by atoms with Crippen LogP contribution in [0.1, 0.15) is 33.6 Å². The summed E-state index contributed by atoms with van der Waals surface area (Å²) in [6.45, 7) is 6.08. The first-order valence-electron chi connectivity index (χ1n) is 8.23. The SMILES string of the molecule is COC(=O)CN1C/C=C\C[C@H]2CCN(C(=O)OC(C)(C)C)[C@@H]2C1=O. The van der Waals surface area contributed by atoms with Crippen LogP contribution in [-0.2, 0) is 19.1 Å². The summed E-state index contributed by atoms with van der Waals surface area (Å²) in [6, 6.07) is -0.588. The van der Waals surface area contributed by atoms with E-state index < -0.39 is 23.7 Å². The second kappa shape index (κ2) is 7.23. The van der Waals surface area contributed by atoms with Crippen molar-refractivity contribution in [2.75, 3.05) is 26.7 Å². The average Bonchev–Trinajstić information content (AvgIpc) is 2.89. The second-order valence-electron chi connectivity index (χ2n) is 7.17. The van der Waals surface area contributed by atoms with Crippen molar-refractivity contribution >= 4 is 18.0 Å². The summed E-state index contributed by atoms with van der Waals surface area (Å²) < 4.78 is 10.1. The summed E-state index contributed by atoms with van der Waals surface area (Å²) in [5.41, 5.74) is -0.620. The van der Waals surface area contributed by atoms with Gasteiger partial charge in [-0.1, -0.05) is 12.2 Å². The number of ether oxygens (including phenoxy) is 2. The molecule has 2 heterocycles. The van der Waals surface area contributed by atoms with Crippen molar-refractivity contribution in [3.05, 3.63) is 12.2 Å². The van der Waals surface area contributed by atoms with Crippen LogP contribution in [0.4, 0.5) is 4.79 Å². The minimum atomic E-state index is -0.620. The Bertz CT molecular complexity index is 538. The van der Waals surface area contributed by atoms with Gasteiger partial charge in [-0.25, -0.2) is 4.79 Å². The molecule has 0 aromatic heterocycles. The van der Waals surface area contributed by atoms with Crippen LogP contribution in [0.25, 0.3) is 0 Å². The number of methoxy groups -OCH3 is 1. The van der Waals surface area contributed by atoms with E-state index in [1.807, 2.05) is 12.2 Å². The summed E-state index contributed by atoms with van der Waals surface area (Å²) >= 11 is 0. The first kappa shape index (κ1) is 18.3. The average molecular weight is 338 g/mol. The lowest BCUT2D eigenvalue weighted by molar-refractivity contribution is -0.148. The minimum Gasteiger partial charge on any atom is -0.468 e. The van der Waals surface area contributed by atoms with Crippen molar-refractivity contribution in [3.63, 3.8) is 0 Å². The van der Waals surface area contributed by atoms with Crippen LogP contribution in [0.15, 0.2) is 12.2 Å². The number of amides is 2. The zero-order chi connectivity index (χ0) is 17.9. The molecule has 7 heteroatoms. The van der Waals surface area contributed by atoms with Crippen LogP contribution in [-0.4, -0.2) is 66.2 Å². The molecule has 1 saturated heterocycles. The fourth-order valence-electron chi connectivity index (χ4n) is 3.08. The lowest BCUT2D eigenvalue weighted by atomic mass is 9.94. The molecule has 0 saturated carbocycles. The maximum Gasteiger partial charge on any atom is 0.410 e. The minimum absolute atomic E-state index is 0.0433. The maximum absolute atomic E-state index is 12.9. The summed E-state index contributed by atoms with van der Waals surface area (Å²) in [6.07, 6.45) is 4.89. The molecule has 2 rings (SSSR count). The fraction of sp³-hybridized carbons (Fsp3) is 0.706. The Morgan fingerprint density at radius 2 is 2.00 bits per heavy atom. The number of rotatable bonds is 2. The first-order chi connectivity index (χ1) is 11.2. The predicted octanol–water partition coefficient (Wildman–Crippen LogP) is 1.57. The molecule has 0 aliphatic carbocycles. The molecule has 0 aromatic carbocycles. The third-order valence-corrected chi connectivity index (χ3v) is 4.19. The highest BCUT2D eigenvalue weighted by Crippen LogP contribution is 2.31. The molecule has 2 atom stereocenters. The van der Waals surface area contributed by atoms with E-state index in [-0.39, 0.29) is 18.4 Å². The Hall–Kier alpha value is -2.05. The number of hydrogen-bond donors (Lipinski definition) is 0. The molecular formula is C17H26N2O5. The number of carbonyl (C=O) groups excluding carboxylic acids is 3. The molecule has 2 aliphatic heterocycles. The van der Waals surface area contributed by atoms with E-state index in [0.29, 0.717) is 13.1 Å². The van der Waals surface area contributed by atoms with E-state index in [9.17, 15) is 14.4 Å². The van der Waals surface area contributed by atoms with E-state index in [1.165, 1.54) is 16.9 Å². The van der Waals surface area contributed by atoms with Gasteiger partial charge in [-0.05, 0) is 39.5 Å². The lowest BCUT2D eigenvalue weighted by Gasteiger charge is -2.33. The zero-order valence-corrected chi connectivity index (χ0v) is 14.8. The topological polar surface area (TPSA) is 76.2 Å². The van der Waals surface area contributed by atoms with Gasteiger partial charge in [-0.2, -0.15) is 0 Å². The highest BCUT2D eigenvalue weighted by molar-refractivity contribution is 5.89. The van der Waals surface area contributed by atoms with Gasteiger partial charge in [0.2, 0.25) is 5.91 Å². The molecular weight excluding hydrogens is 312 g/mol. The van der Waals surface area contributed by atoms with Crippen molar-refractivity contribution < 1.29 is 23.9 Å². The number of likely N-dealkylation sites (tertiary alicyclic amines) is 1. The molecule has 1 fully saturated rings. The number of carbonyl (C=O) groups is 3. The smallest absolute Gasteiger partial charge is 0.410 e. The molecule has 0 radical (unpaired) electrons. The van der Waals surface area contributed by atoms with Gasteiger partial charge in [-0.3, -0.25) is 14.5 Å². The van der Waals surface area contributed by atoms with E-state index in [1.54, 1.807) is 20.8 Å². The highest BCUT2D eigenvalue weighted by Gasteiger charge is 2.45. The third kappa shape index (κ3) is 4.27. The Labute approximate surface area is 142 Å². The lowest BCUT2D eigenvalue weighted by Crippen LogP contribution is -2.52. The molecule has 0 N–H and O–H groups in total. The van der Waals surface area contributed by atoms with Crippen LogP contribution in [0.2, 0.25) is 0 Å².